The van der Waals surface area contributed by atoms with E-state index in [-0.39, 0.29) is 16.4 Å². The van der Waals surface area contributed by atoms with E-state index in [2.05, 4.69) is 4.72 Å². The molecule has 0 aliphatic heterocycles. The molecule has 0 atom stereocenters. The van der Waals surface area contributed by atoms with Crippen LogP contribution in [0.1, 0.15) is 17.3 Å². The summed E-state index contributed by atoms with van der Waals surface area (Å²) < 4.78 is 39.4. The molecule has 0 fully saturated rings. The SMILES string of the molecule is CC(=O)c1ccc(S(=O)(=O)Nc2cccc(F)c2)cc1. The molecule has 2 rings (SSSR count). The first kappa shape index (κ1) is 14.2. The number of carbonyl (C=O) groups is 1. The summed E-state index contributed by atoms with van der Waals surface area (Å²) in [6.45, 7) is 1.40. The van der Waals surface area contributed by atoms with Crippen molar-refractivity contribution in [3.8, 4) is 0 Å². The highest BCUT2D eigenvalue weighted by atomic mass is 32.2. The van der Waals surface area contributed by atoms with Crippen LogP contribution in [0.25, 0.3) is 0 Å². The largest absolute Gasteiger partial charge is 0.295 e. The first-order valence-corrected chi connectivity index (χ1v) is 7.26. The second-order valence-electron chi connectivity index (χ2n) is 4.20. The lowest BCUT2D eigenvalue weighted by atomic mass is 10.2. The van der Waals surface area contributed by atoms with Crippen LogP contribution in [0.4, 0.5) is 10.1 Å². The van der Waals surface area contributed by atoms with Gasteiger partial charge in [-0.05, 0) is 37.3 Å². The van der Waals surface area contributed by atoms with E-state index in [4.69, 9.17) is 0 Å². The van der Waals surface area contributed by atoms with Crippen molar-refractivity contribution in [2.45, 2.75) is 11.8 Å². The van der Waals surface area contributed by atoms with Gasteiger partial charge >= 0.3 is 0 Å². The third-order valence-corrected chi connectivity index (χ3v) is 4.05. The van der Waals surface area contributed by atoms with Crippen molar-refractivity contribution < 1.29 is 17.6 Å². The molecule has 0 aliphatic carbocycles. The van der Waals surface area contributed by atoms with Gasteiger partial charge in [0.1, 0.15) is 5.82 Å². The first-order chi connectivity index (χ1) is 9.38. The molecule has 0 unspecified atom stereocenters. The number of anilines is 1. The zero-order chi connectivity index (χ0) is 14.8. The molecule has 104 valence electrons. The molecule has 0 saturated heterocycles. The quantitative estimate of drug-likeness (QED) is 0.882. The van der Waals surface area contributed by atoms with Crippen molar-refractivity contribution >= 4 is 21.5 Å². The Morgan fingerprint density at radius 1 is 1.10 bits per heavy atom. The van der Waals surface area contributed by atoms with Gasteiger partial charge in [0.15, 0.2) is 5.78 Å². The van der Waals surface area contributed by atoms with Crippen LogP contribution < -0.4 is 4.72 Å². The number of benzene rings is 2. The molecule has 0 heterocycles. The summed E-state index contributed by atoms with van der Waals surface area (Å²) in [5.41, 5.74) is 0.565. The number of sulfonamides is 1. The second kappa shape index (κ2) is 5.42. The van der Waals surface area contributed by atoms with Gasteiger partial charge in [-0.2, -0.15) is 0 Å². The summed E-state index contributed by atoms with van der Waals surface area (Å²) >= 11 is 0. The van der Waals surface area contributed by atoms with Crippen LogP contribution in [0.15, 0.2) is 53.4 Å². The van der Waals surface area contributed by atoms with Crippen LogP contribution >= 0.6 is 0 Å². The summed E-state index contributed by atoms with van der Waals surface area (Å²) in [7, 11) is -3.80. The Hall–Kier alpha value is -2.21. The van der Waals surface area contributed by atoms with Crippen LogP contribution in [0.3, 0.4) is 0 Å². The molecule has 6 heteroatoms. The second-order valence-corrected chi connectivity index (χ2v) is 5.88. The Bertz CT molecular complexity index is 739. The van der Waals surface area contributed by atoms with Gasteiger partial charge in [-0.25, -0.2) is 12.8 Å². The van der Waals surface area contributed by atoms with Crippen LogP contribution in [0.2, 0.25) is 0 Å². The number of carbonyl (C=O) groups excluding carboxylic acids is 1. The smallest absolute Gasteiger partial charge is 0.261 e. The van der Waals surface area contributed by atoms with Gasteiger partial charge < -0.3 is 0 Å². The predicted molar refractivity (Wildman–Crippen MR) is 73.7 cm³/mol. The molecule has 0 spiro atoms. The number of nitrogens with one attached hydrogen (secondary N) is 1. The van der Waals surface area contributed by atoms with E-state index in [0.717, 1.165) is 6.07 Å². The van der Waals surface area contributed by atoms with E-state index >= 15 is 0 Å². The highest BCUT2D eigenvalue weighted by molar-refractivity contribution is 7.92. The van der Waals surface area contributed by atoms with Crippen molar-refractivity contribution in [2.24, 2.45) is 0 Å². The Morgan fingerprint density at radius 3 is 2.30 bits per heavy atom. The minimum absolute atomic E-state index is 0.00626. The van der Waals surface area contributed by atoms with Gasteiger partial charge in [-0.15, -0.1) is 0 Å². The maximum Gasteiger partial charge on any atom is 0.261 e. The Balaban J connectivity index is 2.28. The number of rotatable bonds is 4. The van der Waals surface area contributed by atoms with Crippen LogP contribution in [-0.4, -0.2) is 14.2 Å². The summed E-state index contributed by atoms with van der Waals surface area (Å²) in [6, 6.07) is 10.7. The van der Waals surface area contributed by atoms with Gasteiger partial charge in [-0.1, -0.05) is 18.2 Å². The normalized spacial score (nSPS) is 11.1. The zero-order valence-corrected chi connectivity index (χ0v) is 11.4. The van der Waals surface area contributed by atoms with Crippen LogP contribution in [0, 0.1) is 5.82 Å². The average molecular weight is 293 g/mol. The molecule has 0 aliphatic rings. The molecule has 4 nitrogen and oxygen atoms in total. The minimum atomic E-state index is -3.80. The number of Topliss-reactive ketones (excluding diaryl/α,β-unsaturated/α-hetero) is 1. The van der Waals surface area contributed by atoms with Gasteiger partial charge in [-0.3, -0.25) is 9.52 Å². The number of hydrogen-bond donors (Lipinski definition) is 1. The van der Waals surface area contributed by atoms with E-state index in [1.807, 2.05) is 0 Å². The molecule has 0 saturated carbocycles. The van der Waals surface area contributed by atoms with E-state index in [1.54, 1.807) is 0 Å². The molecule has 0 bridgehead atoms. The summed E-state index contributed by atoms with van der Waals surface area (Å²) in [5, 5.41) is 0. The van der Waals surface area contributed by atoms with E-state index in [0.29, 0.717) is 5.56 Å². The van der Waals surface area contributed by atoms with Crippen molar-refractivity contribution in [1.29, 1.82) is 0 Å². The van der Waals surface area contributed by atoms with Gasteiger partial charge in [0.05, 0.1) is 10.6 Å². The lowest BCUT2D eigenvalue weighted by Gasteiger charge is -2.08. The number of halogens is 1. The van der Waals surface area contributed by atoms with E-state index in [1.165, 1.54) is 49.4 Å². The lowest BCUT2D eigenvalue weighted by molar-refractivity contribution is 0.101. The van der Waals surface area contributed by atoms with E-state index in [9.17, 15) is 17.6 Å². The topological polar surface area (TPSA) is 63.2 Å². The zero-order valence-electron chi connectivity index (χ0n) is 10.6. The molecule has 0 aromatic heterocycles. The minimum Gasteiger partial charge on any atom is -0.295 e. The molecule has 2 aromatic carbocycles. The molecular weight excluding hydrogens is 281 g/mol. The van der Waals surface area contributed by atoms with Crippen molar-refractivity contribution in [3.63, 3.8) is 0 Å². The first-order valence-electron chi connectivity index (χ1n) is 5.78. The maximum atomic E-state index is 13.0. The highest BCUT2D eigenvalue weighted by Gasteiger charge is 2.14. The molecule has 20 heavy (non-hydrogen) atoms. The van der Waals surface area contributed by atoms with Crippen LogP contribution in [0.5, 0.6) is 0 Å². The van der Waals surface area contributed by atoms with Crippen molar-refractivity contribution in [1.82, 2.24) is 0 Å². The molecule has 0 amide bonds. The monoisotopic (exact) mass is 293 g/mol. The van der Waals surface area contributed by atoms with Gasteiger partial charge in [0.2, 0.25) is 0 Å². The summed E-state index contributed by atoms with van der Waals surface area (Å²) in [5.74, 6) is -0.677. The average Bonchev–Trinajstić information content (AvgIpc) is 2.38. The maximum absolute atomic E-state index is 13.0. The summed E-state index contributed by atoms with van der Waals surface area (Å²) in [4.78, 5) is 11.1. The van der Waals surface area contributed by atoms with Crippen molar-refractivity contribution in [2.75, 3.05) is 4.72 Å². The molecule has 2 aromatic rings. The van der Waals surface area contributed by atoms with Crippen LogP contribution in [-0.2, 0) is 10.0 Å². The standard InChI is InChI=1S/C14H12FNO3S/c1-10(17)11-5-7-14(8-6-11)20(18,19)16-13-4-2-3-12(15)9-13/h2-9,16H,1H3. The lowest BCUT2D eigenvalue weighted by Crippen LogP contribution is -2.13. The fourth-order valence-corrected chi connectivity index (χ4v) is 2.68. The van der Waals surface area contributed by atoms with Gasteiger partial charge in [0.25, 0.3) is 10.0 Å². The van der Waals surface area contributed by atoms with Crippen molar-refractivity contribution in [3.05, 3.63) is 59.9 Å². The number of hydrogen-bond acceptors (Lipinski definition) is 3. The fourth-order valence-electron chi connectivity index (χ4n) is 1.63. The third kappa shape index (κ3) is 3.21. The Kier molecular flexibility index (Phi) is 3.85. The van der Waals surface area contributed by atoms with Gasteiger partial charge in [0, 0.05) is 5.56 Å². The molecular formula is C14H12FNO3S. The fraction of sp³-hybridized carbons (Fsp3) is 0.0714. The third-order valence-electron chi connectivity index (χ3n) is 2.65. The summed E-state index contributed by atoms with van der Waals surface area (Å²) in [6.07, 6.45) is 0. The van der Waals surface area contributed by atoms with E-state index < -0.39 is 15.8 Å². The predicted octanol–water partition coefficient (Wildman–Crippen LogP) is 2.83. The Morgan fingerprint density at radius 2 is 1.75 bits per heavy atom. The Labute approximate surface area is 116 Å². The molecule has 1 N–H and O–H groups in total. The number of ketones is 1. The highest BCUT2D eigenvalue weighted by Crippen LogP contribution is 2.17. The molecule has 0 radical (unpaired) electrons.